The predicted octanol–water partition coefficient (Wildman–Crippen LogP) is 5.39. The molecular formula is C26H19FN6O2. The fraction of sp³-hybridized carbons (Fsp3) is 0.0769. The molecule has 0 bridgehead atoms. The van der Waals surface area contributed by atoms with Crippen LogP contribution in [0.4, 0.5) is 4.39 Å². The number of fused-ring (bicyclic) bond motifs is 2. The highest BCUT2D eigenvalue weighted by Crippen LogP contribution is 2.35. The normalized spacial score (nSPS) is 11.3. The van der Waals surface area contributed by atoms with Crippen molar-refractivity contribution < 1.29 is 13.9 Å². The largest absolute Gasteiger partial charge is 0.497 e. The molecule has 8 nitrogen and oxygen atoms in total. The number of hydrogen-bond acceptors (Lipinski definition) is 6. The quantitative estimate of drug-likeness (QED) is 0.353. The standard InChI is InChI=1S/C26H19FN6O2/c1-34-18-4-14(3-17(27)7-18)22-12-29-13-24-20(22)8-23(31-24)25-21-6-16(10-30-26(21)33-32-25)15-5-19(35-2)11-28-9-15/h3-13,31H,1-2H3,(H,30,32,33). The van der Waals surface area contributed by atoms with E-state index in [1.165, 1.54) is 19.2 Å². The van der Waals surface area contributed by atoms with Gasteiger partial charge in [-0.25, -0.2) is 9.37 Å². The van der Waals surface area contributed by atoms with Crippen molar-refractivity contribution >= 4 is 21.9 Å². The molecule has 0 amide bonds. The summed E-state index contributed by atoms with van der Waals surface area (Å²) in [6, 6.07) is 10.5. The molecule has 5 heterocycles. The molecule has 1 aromatic carbocycles. The van der Waals surface area contributed by atoms with Crippen LogP contribution in [0.2, 0.25) is 0 Å². The summed E-state index contributed by atoms with van der Waals surface area (Å²) < 4.78 is 24.7. The van der Waals surface area contributed by atoms with Crippen LogP contribution in [0, 0.1) is 5.82 Å². The zero-order valence-corrected chi connectivity index (χ0v) is 18.8. The third-order valence-corrected chi connectivity index (χ3v) is 5.92. The van der Waals surface area contributed by atoms with E-state index < -0.39 is 0 Å². The maximum absolute atomic E-state index is 14.2. The Balaban J connectivity index is 1.48. The number of nitrogens with one attached hydrogen (secondary N) is 2. The summed E-state index contributed by atoms with van der Waals surface area (Å²) in [5.41, 5.74) is 6.22. The third kappa shape index (κ3) is 3.63. The fourth-order valence-electron chi connectivity index (χ4n) is 4.20. The van der Waals surface area contributed by atoms with E-state index in [-0.39, 0.29) is 5.82 Å². The number of methoxy groups -OCH3 is 2. The van der Waals surface area contributed by atoms with Crippen LogP contribution in [-0.4, -0.2) is 44.4 Å². The number of halogens is 1. The van der Waals surface area contributed by atoms with Gasteiger partial charge in [0.1, 0.15) is 17.3 Å². The first-order valence-corrected chi connectivity index (χ1v) is 10.8. The summed E-state index contributed by atoms with van der Waals surface area (Å²) >= 11 is 0. The number of H-pyrrole nitrogens is 2. The molecule has 0 radical (unpaired) electrons. The zero-order chi connectivity index (χ0) is 23.9. The van der Waals surface area contributed by atoms with Crippen molar-refractivity contribution in [1.29, 1.82) is 0 Å². The molecule has 9 heteroatoms. The lowest BCUT2D eigenvalue weighted by Gasteiger charge is -2.06. The van der Waals surface area contributed by atoms with Crippen molar-refractivity contribution in [3.8, 4) is 45.1 Å². The molecule has 0 atom stereocenters. The second kappa shape index (κ2) is 8.21. The highest BCUT2D eigenvalue weighted by Gasteiger charge is 2.16. The maximum Gasteiger partial charge on any atom is 0.181 e. The van der Waals surface area contributed by atoms with Crippen LogP contribution in [0.3, 0.4) is 0 Å². The number of ether oxygens (including phenoxy) is 2. The van der Waals surface area contributed by atoms with Crippen LogP contribution < -0.4 is 9.47 Å². The molecule has 35 heavy (non-hydrogen) atoms. The first-order valence-electron chi connectivity index (χ1n) is 10.8. The van der Waals surface area contributed by atoms with Crippen LogP contribution in [0.1, 0.15) is 0 Å². The summed E-state index contributed by atoms with van der Waals surface area (Å²) in [4.78, 5) is 16.5. The van der Waals surface area contributed by atoms with Gasteiger partial charge in [0, 0.05) is 52.1 Å². The number of aromatic nitrogens is 6. The van der Waals surface area contributed by atoms with E-state index >= 15 is 0 Å². The van der Waals surface area contributed by atoms with Crippen molar-refractivity contribution in [1.82, 2.24) is 30.1 Å². The number of aromatic amines is 2. The van der Waals surface area contributed by atoms with Gasteiger partial charge >= 0.3 is 0 Å². The summed E-state index contributed by atoms with van der Waals surface area (Å²) in [5.74, 6) is 0.731. The molecule has 0 aliphatic carbocycles. The second-order valence-corrected chi connectivity index (χ2v) is 8.02. The maximum atomic E-state index is 14.2. The van der Waals surface area contributed by atoms with E-state index in [4.69, 9.17) is 9.47 Å². The minimum Gasteiger partial charge on any atom is -0.497 e. The minimum atomic E-state index is -0.377. The van der Waals surface area contributed by atoms with Crippen molar-refractivity contribution in [2.75, 3.05) is 14.2 Å². The summed E-state index contributed by atoms with van der Waals surface area (Å²) in [7, 11) is 3.12. The first kappa shape index (κ1) is 20.8. The highest BCUT2D eigenvalue weighted by atomic mass is 19.1. The van der Waals surface area contributed by atoms with Crippen LogP contribution in [0.15, 0.2) is 67.4 Å². The topological polar surface area (TPSA) is 102 Å². The van der Waals surface area contributed by atoms with Crippen LogP contribution in [0.25, 0.3) is 55.6 Å². The second-order valence-electron chi connectivity index (χ2n) is 8.02. The number of nitrogens with zero attached hydrogens (tertiary/aromatic N) is 4. The molecule has 6 rings (SSSR count). The van der Waals surface area contributed by atoms with Crippen molar-refractivity contribution in [3.05, 3.63) is 73.2 Å². The van der Waals surface area contributed by atoms with Gasteiger partial charge < -0.3 is 14.5 Å². The van der Waals surface area contributed by atoms with E-state index in [1.54, 1.807) is 44.2 Å². The molecule has 6 aromatic rings. The number of rotatable bonds is 5. The highest BCUT2D eigenvalue weighted by molar-refractivity contribution is 6.00. The third-order valence-electron chi connectivity index (χ3n) is 5.92. The number of hydrogen-bond donors (Lipinski definition) is 2. The van der Waals surface area contributed by atoms with Crippen molar-refractivity contribution in [3.63, 3.8) is 0 Å². The van der Waals surface area contributed by atoms with Gasteiger partial charge in [0.25, 0.3) is 0 Å². The Kier molecular flexibility index (Phi) is 4.88. The smallest absolute Gasteiger partial charge is 0.181 e. The number of benzene rings is 1. The van der Waals surface area contributed by atoms with Gasteiger partial charge in [-0.1, -0.05) is 0 Å². The van der Waals surface area contributed by atoms with Crippen molar-refractivity contribution in [2.45, 2.75) is 0 Å². The van der Waals surface area contributed by atoms with Gasteiger partial charge in [0.15, 0.2) is 5.65 Å². The Morgan fingerprint density at radius 1 is 0.743 bits per heavy atom. The number of pyridine rings is 3. The SMILES string of the molecule is COc1cncc(-c2cnc3n[nH]c(-c4cc5c(-c6cc(F)cc(OC)c6)cncc5[nH]4)c3c2)c1. The summed E-state index contributed by atoms with van der Waals surface area (Å²) in [6.07, 6.45) is 8.63. The van der Waals surface area contributed by atoms with Crippen LogP contribution >= 0.6 is 0 Å². The first-order chi connectivity index (χ1) is 17.1. The van der Waals surface area contributed by atoms with E-state index in [2.05, 4.69) is 30.1 Å². The Labute approximate surface area is 198 Å². The van der Waals surface area contributed by atoms with E-state index in [9.17, 15) is 4.39 Å². The lowest BCUT2D eigenvalue weighted by atomic mass is 10.0. The molecular weight excluding hydrogens is 447 g/mol. The molecule has 0 aliphatic rings. The van der Waals surface area contributed by atoms with Gasteiger partial charge in [0.2, 0.25) is 0 Å². The lowest BCUT2D eigenvalue weighted by molar-refractivity contribution is 0.411. The Hall–Kier alpha value is -4.79. The monoisotopic (exact) mass is 466 g/mol. The molecule has 0 aliphatic heterocycles. The Bertz CT molecular complexity index is 1710. The molecule has 0 fully saturated rings. The molecule has 5 aromatic heterocycles. The van der Waals surface area contributed by atoms with Gasteiger partial charge in [-0.05, 0) is 35.9 Å². The summed E-state index contributed by atoms with van der Waals surface area (Å²) in [6.45, 7) is 0. The van der Waals surface area contributed by atoms with Crippen LogP contribution in [-0.2, 0) is 0 Å². The molecule has 0 saturated heterocycles. The molecule has 2 N–H and O–H groups in total. The molecule has 0 unspecified atom stereocenters. The molecule has 172 valence electrons. The van der Waals surface area contributed by atoms with Gasteiger partial charge in [-0.2, -0.15) is 5.10 Å². The van der Waals surface area contributed by atoms with E-state index in [0.29, 0.717) is 22.7 Å². The van der Waals surface area contributed by atoms with E-state index in [0.717, 1.165) is 44.4 Å². The fourth-order valence-corrected chi connectivity index (χ4v) is 4.20. The Morgan fingerprint density at radius 2 is 1.54 bits per heavy atom. The predicted molar refractivity (Wildman–Crippen MR) is 131 cm³/mol. The van der Waals surface area contributed by atoms with Crippen LogP contribution in [0.5, 0.6) is 11.5 Å². The molecule has 0 spiro atoms. The minimum absolute atomic E-state index is 0.377. The van der Waals surface area contributed by atoms with Crippen molar-refractivity contribution in [2.24, 2.45) is 0 Å². The average molecular weight is 466 g/mol. The zero-order valence-electron chi connectivity index (χ0n) is 18.8. The van der Waals surface area contributed by atoms with Gasteiger partial charge in [-0.15, -0.1) is 0 Å². The molecule has 0 saturated carbocycles. The Morgan fingerprint density at radius 3 is 2.40 bits per heavy atom. The van der Waals surface area contributed by atoms with Gasteiger partial charge in [-0.3, -0.25) is 15.1 Å². The average Bonchev–Trinajstić information content (AvgIpc) is 3.51. The summed E-state index contributed by atoms with van der Waals surface area (Å²) in [5, 5.41) is 9.21. The van der Waals surface area contributed by atoms with E-state index in [1.807, 2.05) is 18.2 Å². The lowest BCUT2D eigenvalue weighted by Crippen LogP contribution is -1.88. The van der Waals surface area contributed by atoms with Gasteiger partial charge in [0.05, 0.1) is 43.5 Å².